The number of hydrogen-bond donors (Lipinski definition) is 1. The molecule has 11 heteroatoms. The van der Waals surface area contributed by atoms with Crippen molar-refractivity contribution in [2.75, 3.05) is 4.72 Å². The molecule has 0 saturated carbocycles. The molecule has 0 saturated heterocycles. The summed E-state index contributed by atoms with van der Waals surface area (Å²) in [5.74, 6) is -0.465. The van der Waals surface area contributed by atoms with Crippen molar-refractivity contribution in [3.05, 3.63) is 74.1 Å². The third-order valence-corrected chi connectivity index (χ3v) is 6.42. The maximum absolute atomic E-state index is 13.9. The summed E-state index contributed by atoms with van der Waals surface area (Å²) in [6.07, 6.45) is 1.48. The van der Waals surface area contributed by atoms with Crippen molar-refractivity contribution in [2.24, 2.45) is 0 Å². The van der Waals surface area contributed by atoms with Crippen LogP contribution in [0.1, 0.15) is 5.56 Å². The molecule has 142 valence electrons. The Bertz CT molecular complexity index is 1100. The van der Waals surface area contributed by atoms with E-state index in [2.05, 4.69) is 9.82 Å². The van der Waals surface area contributed by atoms with Crippen LogP contribution in [0.3, 0.4) is 0 Å². The first-order chi connectivity index (χ1) is 12.7. The molecule has 27 heavy (non-hydrogen) atoms. The smallest absolute Gasteiger partial charge is 0.264 e. The molecule has 0 unspecified atom stereocenters. The Kier molecular flexibility index (Phi) is 5.88. The highest BCUT2D eigenvalue weighted by molar-refractivity contribution is 7.92. The predicted molar refractivity (Wildman–Crippen MR) is 105 cm³/mol. The van der Waals surface area contributed by atoms with Gasteiger partial charge in [-0.2, -0.15) is 5.10 Å². The van der Waals surface area contributed by atoms with Gasteiger partial charge in [0.1, 0.15) is 10.7 Å². The van der Waals surface area contributed by atoms with E-state index < -0.39 is 15.8 Å². The van der Waals surface area contributed by atoms with Crippen LogP contribution in [0, 0.1) is 5.82 Å². The second-order valence-electron chi connectivity index (χ2n) is 5.40. The van der Waals surface area contributed by atoms with Crippen LogP contribution in [0.25, 0.3) is 0 Å². The maximum Gasteiger partial charge on any atom is 0.264 e. The lowest BCUT2D eigenvalue weighted by molar-refractivity contribution is 0.585. The van der Waals surface area contributed by atoms with E-state index in [1.54, 1.807) is 6.07 Å². The molecule has 0 radical (unpaired) electrons. The number of halogens is 5. The first-order valence-electron chi connectivity index (χ1n) is 7.31. The van der Waals surface area contributed by atoms with Gasteiger partial charge in [0.15, 0.2) is 5.82 Å². The Hall–Kier alpha value is -1.51. The van der Waals surface area contributed by atoms with Crippen LogP contribution in [0.4, 0.5) is 10.2 Å². The largest absolute Gasteiger partial charge is 0.266 e. The molecule has 0 fully saturated rings. The van der Waals surface area contributed by atoms with Crippen LogP contribution in [0.2, 0.25) is 20.1 Å². The molecule has 1 heterocycles. The van der Waals surface area contributed by atoms with Crippen LogP contribution >= 0.6 is 46.4 Å². The predicted octanol–water partition coefficient (Wildman–Crippen LogP) is 5.48. The Morgan fingerprint density at radius 1 is 1.00 bits per heavy atom. The number of benzene rings is 2. The molecule has 0 bridgehead atoms. The standard InChI is InChI=1S/C16H10Cl4FN3O2S/c17-10-2-1-3-14(21)9(10)8-24-5-4-16(22-24)23-27(25,26)15-7-12(19)11(18)6-13(15)20/h1-7H,8H2,(H,22,23). The topological polar surface area (TPSA) is 64.0 Å². The zero-order chi connectivity index (χ0) is 19.8. The lowest BCUT2D eigenvalue weighted by Gasteiger charge is -2.09. The van der Waals surface area contributed by atoms with Crippen LogP contribution in [-0.4, -0.2) is 18.2 Å². The van der Waals surface area contributed by atoms with Gasteiger partial charge in [0.05, 0.1) is 21.6 Å². The minimum atomic E-state index is -4.06. The SMILES string of the molecule is O=S(=O)(Nc1ccn(Cc2c(F)cccc2Cl)n1)c1cc(Cl)c(Cl)cc1Cl. The molecule has 1 N–H and O–H groups in total. The molecule has 2 aromatic carbocycles. The number of sulfonamides is 1. The van der Waals surface area contributed by atoms with E-state index in [0.29, 0.717) is 0 Å². The van der Waals surface area contributed by atoms with E-state index in [-0.39, 0.29) is 42.9 Å². The zero-order valence-corrected chi connectivity index (χ0v) is 17.1. The lowest BCUT2D eigenvalue weighted by atomic mass is 10.2. The van der Waals surface area contributed by atoms with Gasteiger partial charge >= 0.3 is 0 Å². The van der Waals surface area contributed by atoms with Gasteiger partial charge in [-0.25, -0.2) is 12.8 Å². The van der Waals surface area contributed by atoms with Crippen LogP contribution in [-0.2, 0) is 16.6 Å². The summed E-state index contributed by atoms with van der Waals surface area (Å²) in [5, 5.41) is 4.40. The summed E-state index contributed by atoms with van der Waals surface area (Å²) in [5.41, 5.74) is 0.240. The third-order valence-electron chi connectivity index (χ3n) is 3.53. The molecule has 5 nitrogen and oxygen atoms in total. The molecule has 0 amide bonds. The van der Waals surface area contributed by atoms with Gasteiger partial charge in [0.25, 0.3) is 10.0 Å². The highest BCUT2D eigenvalue weighted by Gasteiger charge is 2.21. The molecular formula is C16H10Cl4FN3O2S. The van der Waals surface area contributed by atoms with E-state index in [4.69, 9.17) is 46.4 Å². The van der Waals surface area contributed by atoms with E-state index in [9.17, 15) is 12.8 Å². The molecule has 0 spiro atoms. The Morgan fingerprint density at radius 2 is 1.70 bits per heavy atom. The highest BCUT2D eigenvalue weighted by Crippen LogP contribution is 2.32. The van der Waals surface area contributed by atoms with Crippen LogP contribution < -0.4 is 4.72 Å². The lowest BCUT2D eigenvalue weighted by Crippen LogP contribution is -2.14. The van der Waals surface area contributed by atoms with Gasteiger partial charge in [-0.1, -0.05) is 52.5 Å². The summed E-state index contributed by atoms with van der Waals surface area (Å²) in [4.78, 5) is -0.245. The Labute approximate surface area is 174 Å². The second kappa shape index (κ2) is 7.85. The molecule has 3 rings (SSSR count). The van der Waals surface area contributed by atoms with Crippen LogP contribution in [0.15, 0.2) is 47.5 Å². The Balaban J connectivity index is 1.84. The molecule has 3 aromatic rings. The number of anilines is 1. The van der Waals surface area contributed by atoms with Gasteiger partial charge in [-0.3, -0.25) is 9.40 Å². The van der Waals surface area contributed by atoms with Gasteiger partial charge in [-0.15, -0.1) is 0 Å². The maximum atomic E-state index is 13.9. The van der Waals surface area contributed by atoms with E-state index >= 15 is 0 Å². The van der Waals surface area contributed by atoms with E-state index in [0.717, 1.165) is 6.07 Å². The fraction of sp³-hybridized carbons (Fsp3) is 0.0625. The first-order valence-corrected chi connectivity index (χ1v) is 10.3. The highest BCUT2D eigenvalue weighted by atomic mass is 35.5. The fourth-order valence-corrected chi connectivity index (χ4v) is 4.47. The number of hydrogen-bond acceptors (Lipinski definition) is 3. The van der Waals surface area contributed by atoms with Crippen molar-refractivity contribution in [1.29, 1.82) is 0 Å². The summed E-state index contributed by atoms with van der Waals surface area (Å²) in [7, 11) is -4.06. The summed E-state index contributed by atoms with van der Waals surface area (Å²) >= 11 is 23.6. The second-order valence-corrected chi connectivity index (χ2v) is 8.68. The summed E-state index contributed by atoms with van der Waals surface area (Å²) in [6, 6.07) is 8.12. The zero-order valence-electron chi connectivity index (χ0n) is 13.3. The molecule has 0 aliphatic carbocycles. The van der Waals surface area contributed by atoms with Crippen molar-refractivity contribution in [1.82, 2.24) is 9.78 Å². The molecule has 0 aliphatic heterocycles. The van der Waals surface area contributed by atoms with Gasteiger partial charge in [0.2, 0.25) is 0 Å². The van der Waals surface area contributed by atoms with Gasteiger partial charge in [-0.05, 0) is 24.3 Å². The first kappa shape index (κ1) is 20.2. The van der Waals surface area contributed by atoms with Gasteiger partial charge in [0, 0.05) is 22.8 Å². The molecule has 1 aromatic heterocycles. The minimum Gasteiger partial charge on any atom is -0.266 e. The van der Waals surface area contributed by atoms with Gasteiger partial charge < -0.3 is 0 Å². The monoisotopic (exact) mass is 467 g/mol. The van der Waals surface area contributed by atoms with Crippen molar-refractivity contribution in [3.63, 3.8) is 0 Å². The molecule has 0 aliphatic rings. The summed E-state index contributed by atoms with van der Waals surface area (Å²) < 4.78 is 42.6. The minimum absolute atomic E-state index is 0.0181. The number of nitrogens with zero attached hydrogens (tertiary/aromatic N) is 2. The normalized spacial score (nSPS) is 11.6. The Morgan fingerprint density at radius 3 is 2.41 bits per heavy atom. The van der Waals surface area contributed by atoms with Crippen molar-refractivity contribution in [2.45, 2.75) is 11.4 Å². The quantitative estimate of drug-likeness (QED) is 0.504. The summed E-state index contributed by atoms with van der Waals surface area (Å²) in [6.45, 7) is 0.0285. The average molecular weight is 469 g/mol. The fourth-order valence-electron chi connectivity index (χ4n) is 2.25. The van der Waals surface area contributed by atoms with Crippen molar-refractivity contribution >= 4 is 62.2 Å². The van der Waals surface area contributed by atoms with Crippen LogP contribution in [0.5, 0.6) is 0 Å². The van der Waals surface area contributed by atoms with Crippen molar-refractivity contribution < 1.29 is 12.8 Å². The van der Waals surface area contributed by atoms with E-state index in [1.807, 2.05) is 0 Å². The third kappa shape index (κ3) is 4.50. The number of rotatable bonds is 5. The molecule has 0 atom stereocenters. The molecular weight excluding hydrogens is 459 g/mol. The average Bonchev–Trinajstić information content (AvgIpc) is 3.00. The number of nitrogens with one attached hydrogen (secondary N) is 1. The van der Waals surface area contributed by atoms with E-state index in [1.165, 1.54) is 35.1 Å². The number of aromatic nitrogens is 2. The van der Waals surface area contributed by atoms with Crippen molar-refractivity contribution in [3.8, 4) is 0 Å².